The van der Waals surface area contributed by atoms with E-state index in [1.807, 2.05) is 12.3 Å². The van der Waals surface area contributed by atoms with Crippen LogP contribution < -0.4 is 16.6 Å². The quantitative estimate of drug-likeness (QED) is 0.276. The molecule has 4 N–H and O–H groups in total. The first-order chi connectivity index (χ1) is 6.63. The molecule has 0 bridgehead atoms. The monoisotopic (exact) mass is 202 g/mol. The zero-order valence-electron chi connectivity index (χ0n) is 8.67. The van der Waals surface area contributed by atoms with E-state index in [1.54, 1.807) is 11.9 Å². The Hall–Kier alpha value is -1.14. The summed E-state index contributed by atoms with van der Waals surface area (Å²) >= 11 is 0. The van der Waals surface area contributed by atoms with Crippen molar-refractivity contribution in [2.75, 3.05) is 26.7 Å². The van der Waals surface area contributed by atoms with E-state index in [1.165, 1.54) is 0 Å². The molecule has 0 radical (unpaired) electrons. The van der Waals surface area contributed by atoms with Gasteiger partial charge in [-0.05, 0) is 13.0 Å². The largest absolute Gasteiger partial charge is 0.358 e. The van der Waals surface area contributed by atoms with Crippen LogP contribution >= 0.6 is 0 Å². The fraction of sp³-hybridized carbons (Fsp3) is 0.750. The number of amides is 2. The van der Waals surface area contributed by atoms with Crippen molar-refractivity contribution in [1.29, 1.82) is 0 Å². The van der Waals surface area contributed by atoms with Gasteiger partial charge in [0.2, 0.25) is 11.8 Å². The number of nitrogens with one attached hydrogen (secondary N) is 2. The van der Waals surface area contributed by atoms with Crippen LogP contribution in [0.2, 0.25) is 0 Å². The van der Waals surface area contributed by atoms with E-state index in [2.05, 4.69) is 5.32 Å². The minimum absolute atomic E-state index is 0.108. The van der Waals surface area contributed by atoms with Crippen LogP contribution in [0.5, 0.6) is 0 Å². The van der Waals surface area contributed by atoms with Crippen molar-refractivity contribution in [3.8, 4) is 0 Å². The number of carbonyl (C=O) groups is 2. The Balaban J connectivity index is 4.00. The van der Waals surface area contributed by atoms with E-state index >= 15 is 0 Å². The maximum atomic E-state index is 11.1. The molecule has 0 aromatic heterocycles. The zero-order valence-corrected chi connectivity index (χ0v) is 8.67. The van der Waals surface area contributed by atoms with Crippen molar-refractivity contribution < 1.29 is 9.59 Å². The molecule has 0 aliphatic heterocycles. The van der Waals surface area contributed by atoms with E-state index in [4.69, 9.17) is 5.84 Å². The summed E-state index contributed by atoms with van der Waals surface area (Å²) in [6, 6.07) is 0. The maximum absolute atomic E-state index is 11.1. The van der Waals surface area contributed by atoms with Crippen LogP contribution in [0, 0.1) is 0 Å². The summed E-state index contributed by atoms with van der Waals surface area (Å²) in [5.41, 5.74) is 2.03. The lowest BCUT2D eigenvalue weighted by atomic mass is 10.3. The lowest BCUT2D eigenvalue weighted by Gasteiger charge is -2.19. The Morgan fingerprint density at radius 3 is 2.29 bits per heavy atom. The molecule has 0 aliphatic rings. The number of rotatable bonds is 6. The molecule has 2 amide bonds. The van der Waals surface area contributed by atoms with E-state index in [0.717, 1.165) is 6.42 Å². The normalized spacial score (nSPS) is 10.0. The predicted molar refractivity (Wildman–Crippen MR) is 53.1 cm³/mol. The summed E-state index contributed by atoms with van der Waals surface area (Å²) in [7, 11) is 1.56. The second kappa shape index (κ2) is 7.28. The van der Waals surface area contributed by atoms with Crippen LogP contribution in [-0.2, 0) is 9.59 Å². The molecule has 0 saturated heterocycles. The van der Waals surface area contributed by atoms with Crippen LogP contribution in [0.25, 0.3) is 0 Å². The molecule has 0 fully saturated rings. The van der Waals surface area contributed by atoms with E-state index in [-0.39, 0.29) is 24.9 Å². The van der Waals surface area contributed by atoms with Gasteiger partial charge in [0, 0.05) is 7.05 Å². The molecule has 14 heavy (non-hydrogen) atoms. The third kappa shape index (κ3) is 5.50. The molecular weight excluding hydrogens is 184 g/mol. The smallest absolute Gasteiger partial charge is 0.248 e. The van der Waals surface area contributed by atoms with Crippen molar-refractivity contribution in [2.24, 2.45) is 5.84 Å². The first-order valence-corrected chi connectivity index (χ1v) is 4.56. The van der Waals surface area contributed by atoms with Crippen molar-refractivity contribution in [1.82, 2.24) is 15.6 Å². The number of nitrogens with two attached hydrogens (primary N) is 1. The third-order valence-corrected chi connectivity index (χ3v) is 1.71. The molecule has 0 saturated carbocycles. The van der Waals surface area contributed by atoms with Gasteiger partial charge < -0.3 is 5.32 Å². The van der Waals surface area contributed by atoms with Crippen LogP contribution in [-0.4, -0.2) is 43.4 Å². The molecule has 6 heteroatoms. The molecular formula is C8H18N4O2. The van der Waals surface area contributed by atoms with Crippen LogP contribution in [0.1, 0.15) is 13.3 Å². The summed E-state index contributed by atoms with van der Waals surface area (Å²) in [5.74, 6) is 4.56. The van der Waals surface area contributed by atoms with Crippen molar-refractivity contribution in [3.63, 3.8) is 0 Å². The van der Waals surface area contributed by atoms with Gasteiger partial charge in [-0.25, -0.2) is 5.84 Å². The summed E-state index contributed by atoms with van der Waals surface area (Å²) in [4.78, 5) is 23.7. The summed E-state index contributed by atoms with van der Waals surface area (Å²) < 4.78 is 0. The number of hydrogen-bond acceptors (Lipinski definition) is 4. The van der Waals surface area contributed by atoms with Gasteiger partial charge in [0.1, 0.15) is 0 Å². The predicted octanol–water partition coefficient (Wildman–Crippen LogP) is -1.57. The Morgan fingerprint density at radius 2 is 1.86 bits per heavy atom. The van der Waals surface area contributed by atoms with Gasteiger partial charge in [-0.15, -0.1) is 0 Å². The second-order valence-electron chi connectivity index (χ2n) is 2.95. The lowest BCUT2D eigenvalue weighted by molar-refractivity contribution is -0.124. The van der Waals surface area contributed by atoms with E-state index in [9.17, 15) is 9.59 Å². The molecule has 0 heterocycles. The van der Waals surface area contributed by atoms with Crippen molar-refractivity contribution in [3.05, 3.63) is 0 Å². The van der Waals surface area contributed by atoms with Gasteiger partial charge in [0.15, 0.2) is 0 Å². The van der Waals surface area contributed by atoms with Crippen LogP contribution in [0.4, 0.5) is 0 Å². The number of hydrogen-bond donors (Lipinski definition) is 3. The highest BCUT2D eigenvalue weighted by molar-refractivity contribution is 5.80. The van der Waals surface area contributed by atoms with Crippen molar-refractivity contribution in [2.45, 2.75) is 13.3 Å². The molecule has 0 rings (SSSR count). The third-order valence-electron chi connectivity index (χ3n) is 1.71. The van der Waals surface area contributed by atoms with Crippen molar-refractivity contribution >= 4 is 11.8 Å². The van der Waals surface area contributed by atoms with Crippen LogP contribution in [0.3, 0.4) is 0 Å². The van der Waals surface area contributed by atoms with E-state index < -0.39 is 0 Å². The second-order valence-corrected chi connectivity index (χ2v) is 2.95. The van der Waals surface area contributed by atoms with E-state index in [0.29, 0.717) is 6.54 Å². The highest BCUT2D eigenvalue weighted by Crippen LogP contribution is 1.90. The number of hydrazine groups is 1. The fourth-order valence-corrected chi connectivity index (χ4v) is 1.06. The first kappa shape index (κ1) is 12.9. The first-order valence-electron chi connectivity index (χ1n) is 4.56. The highest BCUT2D eigenvalue weighted by atomic mass is 16.2. The van der Waals surface area contributed by atoms with Gasteiger partial charge in [-0.1, -0.05) is 6.92 Å². The average Bonchev–Trinajstić information content (AvgIpc) is 2.17. The standard InChI is InChI=1S/C8H18N4O2/c1-3-4-12(5-7(13)10-2)6-8(14)11-9/h3-6,9H2,1-2H3,(H,10,13)(H,11,14). The Kier molecular flexibility index (Phi) is 6.69. The molecule has 82 valence electrons. The van der Waals surface area contributed by atoms with Gasteiger partial charge in [-0.3, -0.25) is 19.9 Å². The molecule has 0 aromatic rings. The molecule has 0 unspecified atom stereocenters. The summed E-state index contributed by atoms with van der Waals surface area (Å²) in [5, 5.41) is 2.50. The topological polar surface area (TPSA) is 87.5 Å². The SMILES string of the molecule is CCCN(CC(=O)NC)CC(=O)NN. The van der Waals surface area contributed by atoms with Gasteiger partial charge >= 0.3 is 0 Å². The fourth-order valence-electron chi connectivity index (χ4n) is 1.06. The molecule has 0 spiro atoms. The Labute approximate surface area is 83.8 Å². The Morgan fingerprint density at radius 1 is 1.29 bits per heavy atom. The zero-order chi connectivity index (χ0) is 11.0. The summed E-state index contributed by atoms with van der Waals surface area (Å²) in [6.07, 6.45) is 0.884. The lowest BCUT2D eigenvalue weighted by Crippen LogP contribution is -2.44. The average molecular weight is 202 g/mol. The molecule has 0 atom stereocenters. The maximum Gasteiger partial charge on any atom is 0.248 e. The number of nitrogens with zero attached hydrogens (tertiary/aromatic N) is 1. The molecule has 6 nitrogen and oxygen atoms in total. The molecule has 0 aromatic carbocycles. The summed E-state index contributed by atoms with van der Waals surface area (Å²) in [6.45, 7) is 3.05. The number of likely N-dealkylation sites (N-methyl/N-ethyl adjacent to an activating group) is 1. The minimum atomic E-state index is -0.289. The minimum Gasteiger partial charge on any atom is -0.358 e. The molecule has 0 aliphatic carbocycles. The number of carbonyl (C=O) groups excluding carboxylic acids is 2. The van der Waals surface area contributed by atoms with Gasteiger partial charge in [0.25, 0.3) is 0 Å². The van der Waals surface area contributed by atoms with Gasteiger partial charge in [-0.2, -0.15) is 0 Å². The highest BCUT2D eigenvalue weighted by Gasteiger charge is 2.11. The van der Waals surface area contributed by atoms with Gasteiger partial charge in [0.05, 0.1) is 13.1 Å². The van der Waals surface area contributed by atoms with Crippen LogP contribution in [0.15, 0.2) is 0 Å². The Bertz CT molecular complexity index is 178.